The van der Waals surface area contributed by atoms with Gasteiger partial charge >= 0.3 is 0 Å². The van der Waals surface area contributed by atoms with Crippen molar-refractivity contribution < 1.29 is 0 Å². The zero-order valence-corrected chi connectivity index (χ0v) is 11.2. The minimum atomic E-state index is 0.309. The quantitative estimate of drug-likeness (QED) is 0.771. The molecule has 6 heteroatoms. The summed E-state index contributed by atoms with van der Waals surface area (Å²) in [6.45, 7) is 8.21. The van der Waals surface area contributed by atoms with Gasteiger partial charge in [-0.2, -0.15) is 15.0 Å². The summed E-state index contributed by atoms with van der Waals surface area (Å²) in [5.41, 5.74) is 0. The van der Waals surface area contributed by atoms with Crippen LogP contribution in [-0.2, 0) is 0 Å². The molecular weight excluding hydrogens is 222 g/mol. The van der Waals surface area contributed by atoms with Gasteiger partial charge in [0.1, 0.15) is 0 Å². The molecule has 90 valence electrons. The van der Waals surface area contributed by atoms with Gasteiger partial charge in [-0.1, -0.05) is 11.8 Å². The van der Waals surface area contributed by atoms with Crippen LogP contribution in [0.2, 0.25) is 0 Å². The van der Waals surface area contributed by atoms with Crippen LogP contribution in [-0.4, -0.2) is 33.3 Å². The zero-order valence-electron chi connectivity index (χ0n) is 10.4. The highest BCUT2D eigenvalue weighted by Crippen LogP contribution is 2.14. The number of thioether (sulfide) groups is 1. The topological polar surface area (TPSA) is 62.7 Å². The Balaban J connectivity index is 2.91. The highest BCUT2D eigenvalue weighted by Gasteiger charge is 2.07. The van der Waals surface area contributed by atoms with E-state index >= 15 is 0 Å². The monoisotopic (exact) mass is 241 g/mol. The van der Waals surface area contributed by atoms with Crippen LogP contribution in [0.15, 0.2) is 5.16 Å². The van der Waals surface area contributed by atoms with E-state index in [0.29, 0.717) is 24.0 Å². The van der Waals surface area contributed by atoms with Crippen molar-refractivity contribution in [2.45, 2.75) is 44.9 Å². The van der Waals surface area contributed by atoms with Crippen LogP contribution in [0.4, 0.5) is 11.9 Å². The van der Waals surface area contributed by atoms with Crippen molar-refractivity contribution in [1.29, 1.82) is 0 Å². The summed E-state index contributed by atoms with van der Waals surface area (Å²) in [5, 5.41) is 7.08. The summed E-state index contributed by atoms with van der Waals surface area (Å²) < 4.78 is 0. The highest BCUT2D eigenvalue weighted by molar-refractivity contribution is 7.98. The van der Waals surface area contributed by atoms with Crippen molar-refractivity contribution in [3.8, 4) is 0 Å². The Labute approximate surface area is 101 Å². The normalized spacial score (nSPS) is 10.9. The molecule has 16 heavy (non-hydrogen) atoms. The molecule has 5 nitrogen and oxygen atoms in total. The smallest absolute Gasteiger partial charge is 0.228 e. The fourth-order valence-electron chi connectivity index (χ4n) is 1.09. The molecule has 0 aliphatic rings. The molecule has 0 amide bonds. The third-order valence-electron chi connectivity index (χ3n) is 1.63. The Morgan fingerprint density at radius 2 is 1.31 bits per heavy atom. The Bertz CT molecular complexity index is 312. The molecule has 0 aromatic carbocycles. The van der Waals surface area contributed by atoms with Gasteiger partial charge in [0, 0.05) is 12.1 Å². The Hall–Kier alpha value is -1.04. The summed E-state index contributed by atoms with van der Waals surface area (Å²) in [7, 11) is 0. The largest absolute Gasteiger partial charge is 0.352 e. The number of anilines is 2. The molecule has 1 heterocycles. The molecule has 1 aromatic rings. The van der Waals surface area contributed by atoms with Crippen molar-refractivity contribution in [3.63, 3.8) is 0 Å². The van der Waals surface area contributed by atoms with E-state index in [1.165, 1.54) is 11.8 Å². The highest BCUT2D eigenvalue weighted by atomic mass is 32.2. The third-order valence-corrected chi connectivity index (χ3v) is 2.18. The van der Waals surface area contributed by atoms with Crippen molar-refractivity contribution in [2.75, 3.05) is 16.9 Å². The molecule has 1 rings (SSSR count). The maximum Gasteiger partial charge on any atom is 0.228 e. The van der Waals surface area contributed by atoms with Gasteiger partial charge in [0.05, 0.1) is 0 Å². The van der Waals surface area contributed by atoms with E-state index in [1.54, 1.807) is 0 Å². The second-order valence-corrected chi connectivity index (χ2v) is 4.84. The number of nitrogens with one attached hydrogen (secondary N) is 2. The maximum absolute atomic E-state index is 4.30. The molecule has 0 aliphatic heterocycles. The van der Waals surface area contributed by atoms with Crippen LogP contribution in [0.1, 0.15) is 27.7 Å². The molecule has 0 saturated carbocycles. The standard InChI is InChI=1S/C10H19N5S/c1-6(2)11-8-13-9(12-7(3)4)15-10(14-8)16-5/h6-7H,1-5H3,(H2,11,12,13,14,15). The fourth-order valence-corrected chi connectivity index (χ4v) is 1.45. The van der Waals surface area contributed by atoms with Crippen LogP contribution in [0.5, 0.6) is 0 Å². The molecule has 0 atom stereocenters. The molecule has 1 aromatic heterocycles. The van der Waals surface area contributed by atoms with Crippen molar-refractivity contribution in [1.82, 2.24) is 15.0 Å². The molecule has 0 unspecified atom stereocenters. The predicted molar refractivity (Wildman–Crippen MR) is 69.1 cm³/mol. The minimum Gasteiger partial charge on any atom is -0.352 e. The summed E-state index contributed by atoms with van der Waals surface area (Å²) in [6.07, 6.45) is 1.95. The Kier molecular flexibility index (Phi) is 4.79. The van der Waals surface area contributed by atoms with Crippen molar-refractivity contribution in [3.05, 3.63) is 0 Å². The van der Waals surface area contributed by atoms with Gasteiger partial charge in [-0.3, -0.25) is 0 Å². The van der Waals surface area contributed by atoms with Crippen molar-refractivity contribution >= 4 is 23.7 Å². The Morgan fingerprint density at radius 1 is 0.875 bits per heavy atom. The fraction of sp³-hybridized carbons (Fsp3) is 0.700. The first-order valence-electron chi connectivity index (χ1n) is 5.34. The van der Waals surface area contributed by atoms with E-state index in [0.717, 1.165) is 5.16 Å². The molecule has 0 aliphatic carbocycles. The van der Waals surface area contributed by atoms with Crippen molar-refractivity contribution in [2.24, 2.45) is 0 Å². The summed E-state index contributed by atoms with van der Waals surface area (Å²) in [5.74, 6) is 1.25. The van der Waals surface area contributed by atoms with Gasteiger partial charge in [0.15, 0.2) is 5.16 Å². The second-order valence-electron chi connectivity index (χ2n) is 4.07. The summed E-state index contributed by atoms with van der Waals surface area (Å²) in [4.78, 5) is 12.9. The zero-order chi connectivity index (χ0) is 12.1. The molecule has 0 radical (unpaired) electrons. The van der Waals surface area contributed by atoms with Crippen LogP contribution in [0.25, 0.3) is 0 Å². The predicted octanol–water partition coefficient (Wildman–Crippen LogP) is 2.23. The average Bonchev–Trinajstić information content (AvgIpc) is 2.14. The van der Waals surface area contributed by atoms with E-state index in [4.69, 9.17) is 0 Å². The molecule has 0 bridgehead atoms. The lowest BCUT2D eigenvalue weighted by atomic mass is 10.4. The van der Waals surface area contributed by atoms with Crippen LogP contribution < -0.4 is 10.6 Å². The summed E-state index contributed by atoms with van der Waals surface area (Å²) >= 11 is 1.51. The van der Waals surface area contributed by atoms with E-state index < -0.39 is 0 Å². The Morgan fingerprint density at radius 3 is 1.62 bits per heavy atom. The van der Waals surface area contributed by atoms with Gasteiger partial charge in [-0.05, 0) is 34.0 Å². The van der Waals surface area contributed by atoms with Gasteiger partial charge in [-0.15, -0.1) is 0 Å². The lowest BCUT2D eigenvalue weighted by molar-refractivity contribution is 0.813. The number of hydrogen-bond donors (Lipinski definition) is 2. The van der Waals surface area contributed by atoms with E-state index in [1.807, 2.05) is 6.26 Å². The molecule has 2 N–H and O–H groups in total. The summed E-state index contributed by atoms with van der Waals surface area (Å²) in [6, 6.07) is 0.619. The molecule has 0 fully saturated rings. The van der Waals surface area contributed by atoms with Crippen LogP contribution in [0, 0.1) is 0 Å². The van der Waals surface area contributed by atoms with Gasteiger partial charge < -0.3 is 10.6 Å². The van der Waals surface area contributed by atoms with E-state index in [-0.39, 0.29) is 0 Å². The number of rotatable bonds is 5. The van der Waals surface area contributed by atoms with E-state index in [9.17, 15) is 0 Å². The first kappa shape index (κ1) is 13.0. The SMILES string of the molecule is CSc1nc(NC(C)C)nc(NC(C)C)n1. The third kappa shape index (κ3) is 4.22. The first-order valence-corrected chi connectivity index (χ1v) is 6.57. The minimum absolute atomic E-state index is 0.309. The van der Waals surface area contributed by atoms with Crippen LogP contribution >= 0.6 is 11.8 Å². The maximum atomic E-state index is 4.30. The molecular formula is C10H19N5S. The number of aromatic nitrogens is 3. The van der Waals surface area contributed by atoms with Gasteiger partial charge in [0.2, 0.25) is 11.9 Å². The molecule has 0 saturated heterocycles. The molecule has 0 spiro atoms. The average molecular weight is 241 g/mol. The number of nitrogens with zero attached hydrogens (tertiary/aromatic N) is 3. The second kappa shape index (κ2) is 5.89. The lowest BCUT2D eigenvalue weighted by Crippen LogP contribution is -2.17. The first-order chi connectivity index (χ1) is 7.51. The number of hydrogen-bond acceptors (Lipinski definition) is 6. The van der Waals surface area contributed by atoms with Gasteiger partial charge in [0.25, 0.3) is 0 Å². The van der Waals surface area contributed by atoms with E-state index in [2.05, 4.69) is 53.3 Å². The lowest BCUT2D eigenvalue weighted by Gasteiger charge is -2.12. The van der Waals surface area contributed by atoms with Crippen LogP contribution in [0.3, 0.4) is 0 Å². The van der Waals surface area contributed by atoms with Gasteiger partial charge in [-0.25, -0.2) is 0 Å².